The molecule has 2 atom stereocenters. The summed E-state index contributed by atoms with van der Waals surface area (Å²) in [4.78, 5) is 4.61. The zero-order valence-corrected chi connectivity index (χ0v) is 12.4. The number of imidazole rings is 1. The molecule has 3 heteroatoms. The maximum Gasteiger partial charge on any atom is 0.107 e. The number of rotatable bonds is 4. The van der Waals surface area contributed by atoms with Crippen molar-refractivity contribution in [2.45, 2.75) is 32.4 Å². The van der Waals surface area contributed by atoms with Crippen molar-refractivity contribution < 1.29 is 5.11 Å². The summed E-state index contributed by atoms with van der Waals surface area (Å²) in [7, 11) is 0. The lowest BCUT2D eigenvalue weighted by molar-refractivity contribution is 0.111. The summed E-state index contributed by atoms with van der Waals surface area (Å²) in [5.41, 5.74) is 3.01. The van der Waals surface area contributed by atoms with Crippen LogP contribution in [0.5, 0.6) is 0 Å². The summed E-state index contributed by atoms with van der Waals surface area (Å²) in [5.74, 6) is 0.943. The van der Waals surface area contributed by atoms with Gasteiger partial charge in [-0.2, -0.15) is 0 Å². The number of para-hydroxylation sites is 2. The van der Waals surface area contributed by atoms with Gasteiger partial charge >= 0.3 is 0 Å². The van der Waals surface area contributed by atoms with E-state index < -0.39 is 6.10 Å². The van der Waals surface area contributed by atoms with Crippen LogP contribution < -0.4 is 0 Å². The van der Waals surface area contributed by atoms with E-state index in [1.807, 2.05) is 55.5 Å². The van der Waals surface area contributed by atoms with Gasteiger partial charge in [0.2, 0.25) is 0 Å². The van der Waals surface area contributed by atoms with Crippen LogP contribution >= 0.6 is 0 Å². The third-order valence-corrected chi connectivity index (χ3v) is 4.03. The normalized spacial score (nSPS) is 14.2. The van der Waals surface area contributed by atoms with E-state index in [0.717, 1.165) is 28.8 Å². The Balaban J connectivity index is 2.08. The second kappa shape index (κ2) is 5.70. The van der Waals surface area contributed by atoms with Crippen LogP contribution in [0.2, 0.25) is 0 Å². The number of aliphatic hydroxyl groups excluding tert-OH is 1. The highest BCUT2D eigenvalue weighted by Crippen LogP contribution is 2.32. The van der Waals surface area contributed by atoms with Gasteiger partial charge in [0.25, 0.3) is 0 Å². The summed E-state index contributed by atoms with van der Waals surface area (Å²) in [6.45, 7) is 4.10. The van der Waals surface area contributed by atoms with Crippen molar-refractivity contribution in [1.29, 1.82) is 0 Å². The second-order valence-electron chi connectivity index (χ2n) is 5.35. The number of hydrogen-bond acceptors (Lipinski definition) is 2. The van der Waals surface area contributed by atoms with E-state index in [1.54, 1.807) is 0 Å². The van der Waals surface area contributed by atoms with Crippen molar-refractivity contribution in [3.05, 3.63) is 66.0 Å². The Kier molecular flexibility index (Phi) is 3.76. The molecule has 0 aliphatic heterocycles. The fourth-order valence-electron chi connectivity index (χ4n) is 3.00. The first-order valence-corrected chi connectivity index (χ1v) is 7.39. The summed E-state index contributed by atoms with van der Waals surface area (Å²) >= 11 is 0. The Labute approximate surface area is 124 Å². The molecule has 3 nitrogen and oxygen atoms in total. The van der Waals surface area contributed by atoms with E-state index in [2.05, 4.69) is 22.5 Å². The number of hydrogen-bond donors (Lipinski definition) is 1. The van der Waals surface area contributed by atoms with Gasteiger partial charge in [-0.3, -0.25) is 0 Å². The SMILES string of the molecule is CCC(C(O)c1ccccc1)n1c(C)nc2ccccc21. The quantitative estimate of drug-likeness (QED) is 0.783. The van der Waals surface area contributed by atoms with Crippen molar-refractivity contribution >= 4 is 11.0 Å². The molecule has 0 bridgehead atoms. The minimum atomic E-state index is -0.535. The average Bonchev–Trinajstić information content (AvgIpc) is 2.85. The average molecular weight is 280 g/mol. The van der Waals surface area contributed by atoms with Gasteiger partial charge in [-0.15, -0.1) is 0 Å². The molecule has 0 spiro atoms. The van der Waals surface area contributed by atoms with Crippen molar-refractivity contribution in [2.75, 3.05) is 0 Å². The van der Waals surface area contributed by atoms with Gasteiger partial charge in [-0.05, 0) is 31.0 Å². The van der Waals surface area contributed by atoms with E-state index in [0.29, 0.717) is 0 Å². The van der Waals surface area contributed by atoms with E-state index in [1.165, 1.54) is 0 Å². The van der Waals surface area contributed by atoms with E-state index >= 15 is 0 Å². The van der Waals surface area contributed by atoms with Crippen LogP contribution in [0.25, 0.3) is 11.0 Å². The molecule has 3 rings (SSSR count). The molecule has 0 radical (unpaired) electrons. The fourth-order valence-corrected chi connectivity index (χ4v) is 3.00. The molecule has 1 N–H and O–H groups in total. The zero-order chi connectivity index (χ0) is 14.8. The smallest absolute Gasteiger partial charge is 0.107 e. The highest BCUT2D eigenvalue weighted by molar-refractivity contribution is 5.76. The van der Waals surface area contributed by atoms with Gasteiger partial charge in [0.05, 0.1) is 23.2 Å². The minimum absolute atomic E-state index is 0.0141. The Hall–Kier alpha value is -2.13. The Morgan fingerprint density at radius 3 is 2.43 bits per heavy atom. The maximum absolute atomic E-state index is 10.8. The van der Waals surface area contributed by atoms with Gasteiger partial charge in [-0.1, -0.05) is 49.4 Å². The maximum atomic E-state index is 10.8. The van der Waals surface area contributed by atoms with Crippen LogP contribution in [0.15, 0.2) is 54.6 Å². The van der Waals surface area contributed by atoms with E-state index in [4.69, 9.17) is 0 Å². The van der Waals surface area contributed by atoms with Gasteiger partial charge in [0, 0.05) is 0 Å². The number of fused-ring (bicyclic) bond motifs is 1. The van der Waals surface area contributed by atoms with Gasteiger partial charge in [-0.25, -0.2) is 4.98 Å². The molecule has 0 fully saturated rings. The van der Waals surface area contributed by atoms with Crippen LogP contribution in [-0.4, -0.2) is 14.7 Å². The molecule has 1 heterocycles. The number of aromatic nitrogens is 2. The monoisotopic (exact) mass is 280 g/mol. The summed E-state index contributed by atoms with van der Waals surface area (Å²) in [5, 5.41) is 10.8. The first kappa shape index (κ1) is 13.8. The first-order chi connectivity index (χ1) is 10.2. The standard InChI is InChI=1S/C18H20N2O/c1-3-16(18(21)14-9-5-4-6-10-14)20-13(2)19-15-11-7-8-12-17(15)20/h4-12,16,18,21H,3H2,1-2H3. The predicted molar refractivity (Wildman–Crippen MR) is 85.2 cm³/mol. The summed E-state index contributed by atoms with van der Waals surface area (Å²) in [6, 6.07) is 17.9. The van der Waals surface area contributed by atoms with Crippen molar-refractivity contribution in [2.24, 2.45) is 0 Å². The largest absolute Gasteiger partial charge is 0.386 e. The van der Waals surface area contributed by atoms with E-state index in [9.17, 15) is 5.11 Å². The molecular weight excluding hydrogens is 260 g/mol. The molecule has 1 aromatic heterocycles. The van der Waals surface area contributed by atoms with Crippen LogP contribution in [-0.2, 0) is 0 Å². The van der Waals surface area contributed by atoms with Gasteiger partial charge in [0.1, 0.15) is 5.82 Å². The lowest BCUT2D eigenvalue weighted by atomic mass is 10.00. The number of nitrogens with zero attached hydrogens (tertiary/aromatic N) is 2. The molecule has 0 aliphatic carbocycles. The summed E-state index contributed by atoms with van der Waals surface area (Å²) < 4.78 is 2.16. The predicted octanol–water partition coefficient (Wildman–Crippen LogP) is 4.03. The third kappa shape index (κ3) is 2.45. The molecule has 0 aliphatic rings. The minimum Gasteiger partial charge on any atom is -0.386 e. The third-order valence-electron chi connectivity index (χ3n) is 4.03. The molecule has 0 saturated carbocycles. The molecule has 21 heavy (non-hydrogen) atoms. The molecular formula is C18H20N2O. The molecule has 2 unspecified atom stereocenters. The Morgan fingerprint density at radius 1 is 1.05 bits per heavy atom. The lowest BCUT2D eigenvalue weighted by Crippen LogP contribution is -2.18. The number of aliphatic hydroxyl groups is 1. The topological polar surface area (TPSA) is 38.0 Å². The van der Waals surface area contributed by atoms with Gasteiger partial charge < -0.3 is 9.67 Å². The Bertz CT molecular complexity index is 733. The molecule has 2 aromatic carbocycles. The fraction of sp³-hybridized carbons (Fsp3) is 0.278. The van der Waals surface area contributed by atoms with Crippen LogP contribution in [0.3, 0.4) is 0 Å². The first-order valence-electron chi connectivity index (χ1n) is 7.39. The number of benzene rings is 2. The van der Waals surface area contributed by atoms with Crippen LogP contribution in [0.1, 0.15) is 36.9 Å². The molecule has 0 amide bonds. The number of aryl methyl sites for hydroxylation is 1. The molecule has 3 aromatic rings. The second-order valence-corrected chi connectivity index (χ2v) is 5.35. The highest BCUT2D eigenvalue weighted by atomic mass is 16.3. The van der Waals surface area contributed by atoms with Gasteiger partial charge in [0.15, 0.2) is 0 Å². The van der Waals surface area contributed by atoms with Crippen molar-refractivity contribution in [1.82, 2.24) is 9.55 Å². The van der Waals surface area contributed by atoms with Crippen molar-refractivity contribution in [3.63, 3.8) is 0 Å². The lowest BCUT2D eigenvalue weighted by Gasteiger charge is -2.25. The van der Waals surface area contributed by atoms with E-state index in [-0.39, 0.29) is 6.04 Å². The zero-order valence-electron chi connectivity index (χ0n) is 12.4. The molecule has 108 valence electrons. The molecule has 0 saturated heterocycles. The van der Waals surface area contributed by atoms with Crippen LogP contribution in [0, 0.1) is 6.92 Å². The summed E-state index contributed by atoms with van der Waals surface area (Å²) in [6.07, 6.45) is 0.310. The Morgan fingerprint density at radius 2 is 1.71 bits per heavy atom. The van der Waals surface area contributed by atoms with Crippen LogP contribution in [0.4, 0.5) is 0 Å². The van der Waals surface area contributed by atoms with Crippen molar-refractivity contribution in [3.8, 4) is 0 Å². The highest BCUT2D eigenvalue weighted by Gasteiger charge is 2.24.